The molecule has 0 aliphatic carbocycles. The number of carbonyl (C=O) groups excluding carboxylic acids is 1. The van der Waals surface area contributed by atoms with Crippen molar-refractivity contribution < 1.29 is 29.6 Å². The zero-order chi connectivity index (χ0) is 25.8. The number of hydrogen-bond acceptors (Lipinski definition) is 7. The van der Waals surface area contributed by atoms with Crippen LogP contribution >= 0.6 is 0 Å². The normalized spacial score (nSPS) is 26.1. The van der Waals surface area contributed by atoms with Gasteiger partial charge in [0.25, 0.3) is 5.91 Å². The van der Waals surface area contributed by atoms with Crippen LogP contribution in [0, 0.1) is 0 Å². The molecule has 0 aromatic heterocycles. The van der Waals surface area contributed by atoms with Crippen LogP contribution in [0.15, 0.2) is 42.0 Å². The van der Waals surface area contributed by atoms with E-state index in [1.807, 2.05) is 6.92 Å². The third-order valence-electron chi connectivity index (χ3n) is 7.62. The van der Waals surface area contributed by atoms with Crippen molar-refractivity contribution >= 4 is 23.0 Å². The molecule has 2 aromatic rings. The van der Waals surface area contributed by atoms with Gasteiger partial charge in [-0.3, -0.25) is 4.79 Å². The van der Waals surface area contributed by atoms with Crippen molar-refractivity contribution in [2.75, 3.05) is 16.8 Å². The molecule has 5 rings (SSSR count). The highest BCUT2D eigenvalue weighted by atomic mass is 16.6. The fourth-order valence-electron chi connectivity index (χ4n) is 5.06. The van der Waals surface area contributed by atoms with Crippen LogP contribution in [0.3, 0.4) is 0 Å². The lowest BCUT2D eigenvalue weighted by Crippen LogP contribution is -2.35. The van der Waals surface area contributed by atoms with Gasteiger partial charge in [-0.25, -0.2) is 0 Å². The number of phenolic OH excluding ortho intramolecular Hbond substituents is 3. The maximum Gasteiger partial charge on any atom is 0.260 e. The van der Waals surface area contributed by atoms with Gasteiger partial charge in [0.2, 0.25) is 0 Å². The molecule has 0 radical (unpaired) electrons. The van der Waals surface area contributed by atoms with Gasteiger partial charge < -0.3 is 35.0 Å². The van der Waals surface area contributed by atoms with Crippen LogP contribution in [-0.4, -0.2) is 51.2 Å². The van der Waals surface area contributed by atoms with E-state index < -0.39 is 0 Å². The number of aromatic hydroxyl groups is 3. The molecule has 3 unspecified atom stereocenters. The average Bonchev–Trinajstić information content (AvgIpc) is 3.66. The Morgan fingerprint density at radius 2 is 1.83 bits per heavy atom. The number of anilines is 3. The van der Waals surface area contributed by atoms with Crippen LogP contribution in [0.1, 0.15) is 63.7 Å². The predicted octanol–water partition coefficient (Wildman–Crippen LogP) is 5.35. The standard InChI is InChI=1S/C28H34N2O6/c1-16(10-11-22-27(2,3)35-22)7-6-12-28(4)23(36-28)15-30-19-13-17(31)14-21(33)25(19)29-24-18(26(30)34)8-5-9-20(24)32/h5,7-9,13-14,22-23,29,31-33H,6,10-12,15H2,1-4H3. The van der Waals surface area contributed by atoms with Crippen molar-refractivity contribution in [1.82, 2.24) is 0 Å². The fourth-order valence-corrected chi connectivity index (χ4v) is 5.06. The molecule has 0 bridgehead atoms. The number of rotatable bonds is 8. The zero-order valence-corrected chi connectivity index (χ0v) is 21.2. The van der Waals surface area contributed by atoms with E-state index in [-0.39, 0.29) is 63.9 Å². The number of phenols is 3. The van der Waals surface area contributed by atoms with Gasteiger partial charge in [-0.05, 0) is 65.5 Å². The quantitative estimate of drug-likeness (QED) is 0.169. The van der Waals surface area contributed by atoms with Gasteiger partial charge in [-0.15, -0.1) is 0 Å². The molecule has 3 aliphatic rings. The third-order valence-corrected chi connectivity index (χ3v) is 7.62. The van der Waals surface area contributed by atoms with E-state index in [2.05, 4.69) is 32.2 Å². The number of allylic oxidation sites excluding steroid dienone is 2. The summed E-state index contributed by atoms with van der Waals surface area (Å²) >= 11 is 0. The predicted molar refractivity (Wildman–Crippen MR) is 137 cm³/mol. The second kappa shape index (κ2) is 8.71. The minimum atomic E-state index is -0.376. The van der Waals surface area contributed by atoms with Gasteiger partial charge in [0.05, 0.1) is 40.8 Å². The van der Waals surface area contributed by atoms with E-state index >= 15 is 0 Å². The summed E-state index contributed by atoms with van der Waals surface area (Å²) in [6.45, 7) is 8.68. The molecule has 8 nitrogen and oxygen atoms in total. The molecule has 3 heterocycles. The first-order valence-electron chi connectivity index (χ1n) is 12.5. The Morgan fingerprint density at radius 3 is 2.56 bits per heavy atom. The van der Waals surface area contributed by atoms with Gasteiger partial charge in [0.1, 0.15) is 29.0 Å². The highest BCUT2D eigenvalue weighted by Crippen LogP contribution is 2.48. The smallest absolute Gasteiger partial charge is 0.260 e. The zero-order valence-electron chi connectivity index (χ0n) is 21.2. The van der Waals surface area contributed by atoms with E-state index in [0.29, 0.717) is 11.8 Å². The molecule has 4 N–H and O–H groups in total. The lowest BCUT2D eigenvalue weighted by molar-refractivity contribution is 0.0986. The molecule has 192 valence electrons. The highest BCUT2D eigenvalue weighted by Gasteiger charge is 2.53. The number of epoxide rings is 2. The second-order valence-electron chi connectivity index (χ2n) is 10.9. The van der Waals surface area contributed by atoms with Gasteiger partial charge >= 0.3 is 0 Å². The summed E-state index contributed by atoms with van der Waals surface area (Å²) in [5.41, 5.74) is 2.04. The molecule has 8 heteroatoms. The van der Waals surface area contributed by atoms with Crippen LogP contribution in [-0.2, 0) is 9.47 Å². The summed E-state index contributed by atoms with van der Waals surface area (Å²) in [7, 11) is 0. The van der Waals surface area contributed by atoms with Gasteiger partial charge in [-0.1, -0.05) is 17.7 Å². The van der Waals surface area contributed by atoms with E-state index in [9.17, 15) is 20.1 Å². The van der Waals surface area contributed by atoms with Gasteiger partial charge in [-0.2, -0.15) is 0 Å². The Morgan fingerprint density at radius 1 is 1.08 bits per heavy atom. The van der Waals surface area contributed by atoms with Crippen molar-refractivity contribution in [3.8, 4) is 17.2 Å². The molecule has 2 fully saturated rings. The number of hydrogen-bond donors (Lipinski definition) is 4. The van der Waals surface area contributed by atoms with Crippen LogP contribution < -0.4 is 10.2 Å². The maximum atomic E-state index is 13.6. The van der Waals surface area contributed by atoms with E-state index in [0.717, 1.165) is 25.7 Å². The Bertz CT molecular complexity index is 1240. The molecular weight excluding hydrogens is 460 g/mol. The fraction of sp³-hybridized carbons (Fsp3) is 0.464. The summed E-state index contributed by atoms with van der Waals surface area (Å²) < 4.78 is 11.7. The van der Waals surface area contributed by atoms with Gasteiger partial charge in [0.15, 0.2) is 0 Å². The van der Waals surface area contributed by atoms with Crippen molar-refractivity contribution in [1.29, 1.82) is 0 Å². The second-order valence-corrected chi connectivity index (χ2v) is 10.9. The van der Waals surface area contributed by atoms with Crippen molar-refractivity contribution in [3.63, 3.8) is 0 Å². The Kier molecular flexibility index (Phi) is 5.92. The number of nitrogens with one attached hydrogen (secondary N) is 1. The Labute approximate surface area is 211 Å². The number of para-hydroxylation sites is 1. The number of amides is 1. The van der Waals surface area contributed by atoms with Crippen molar-refractivity contribution in [2.45, 2.75) is 76.8 Å². The molecule has 0 saturated carbocycles. The van der Waals surface area contributed by atoms with E-state index in [1.165, 1.54) is 28.7 Å². The first kappa shape index (κ1) is 24.5. The maximum absolute atomic E-state index is 13.6. The summed E-state index contributed by atoms with van der Waals surface area (Å²) in [5.74, 6) is -0.844. The van der Waals surface area contributed by atoms with Crippen LogP contribution in [0.2, 0.25) is 0 Å². The molecule has 36 heavy (non-hydrogen) atoms. The molecule has 2 saturated heterocycles. The summed E-state index contributed by atoms with van der Waals surface area (Å²) in [6.07, 6.45) is 6.14. The number of fused-ring (bicyclic) bond motifs is 2. The van der Waals surface area contributed by atoms with E-state index in [4.69, 9.17) is 9.47 Å². The van der Waals surface area contributed by atoms with Crippen molar-refractivity contribution in [3.05, 3.63) is 47.5 Å². The summed E-state index contributed by atoms with van der Waals surface area (Å²) in [4.78, 5) is 15.1. The topological polar surface area (TPSA) is 118 Å². The SMILES string of the molecule is CC(=CCCC1(C)OC1CN1C(=O)c2cccc(O)c2Nc2c(O)cc(O)cc21)CCC1OC1(C)C. The minimum absolute atomic E-state index is 0.0224. The molecule has 1 amide bonds. The number of nitrogens with zero attached hydrogens (tertiary/aromatic N) is 1. The molecule has 2 aromatic carbocycles. The Hall–Kier alpha value is -3.23. The lowest BCUT2D eigenvalue weighted by atomic mass is 9.98. The highest BCUT2D eigenvalue weighted by molar-refractivity contribution is 6.15. The monoisotopic (exact) mass is 494 g/mol. The lowest BCUT2D eigenvalue weighted by Gasteiger charge is -2.23. The molecule has 0 spiro atoms. The molecule has 3 atom stereocenters. The number of carbonyl (C=O) groups is 1. The molecule has 3 aliphatic heterocycles. The number of benzene rings is 2. The number of ether oxygens (including phenoxy) is 2. The first-order chi connectivity index (χ1) is 17.0. The van der Waals surface area contributed by atoms with Crippen LogP contribution in [0.5, 0.6) is 17.2 Å². The first-order valence-corrected chi connectivity index (χ1v) is 12.5. The van der Waals surface area contributed by atoms with Crippen LogP contribution in [0.25, 0.3) is 0 Å². The summed E-state index contributed by atoms with van der Waals surface area (Å²) in [5, 5.41) is 34.0. The summed E-state index contributed by atoms with van der Waals surface area (Å²) in [6, 6.07) is 7.32. The average molecular weight is 495 g/mol. The van der Waals surface area contributed by atoms with Gasteiger partial charge in [0, 0.05) is 12.1 Å². The van der Waals surface area contributed by atoms with E-state index in [1.54, 1.807) is 12.1 Å². The minimum Gasteiger partial charge on any atom is -0.508 e. The van der Waals surface area contributed by atoms with Crippen molar-refractivity contribution in [2.24, 2.45) is 0 Å². The third kappa shape index (κ3) is 4.63. The largest absolute Gasteiger partial charge is 0.508 e. The molecular formula is C28H34N2O6. The Balaban J connectivity index is 1.29. The van der Waals surface area contributed by atoms with Crippen LogP contribution in [0.4, 0.5) is 17.1 Å².